The molecular weight excluding hydrogens is 328 g/mol. The van der Waals surface area contributed by atoms with Crippen molar-refractivity contribution in [3.63, 3.8) is 0 Å². The normalized spacial score (nSPS) is 10.4. The summed E-state index contributed by atoms with van der Waals surface area (Å²) in [5.74, 6) is 0.351. The third-order valence-electron chi connectivity index (χ3n) is 3.90. The van der Waals surface area contributed by atoms with Crippen LogP contribution in [0.5, 0.6) is 5.75 Å². The zero-order valence-corrected chi connectivity index (χ0v) is 14.5. The maximum absolute atomic E-state index is 12.6. The van der Waals surface area contributed by atoms with Gasteiger partial charge in [-0.05, 0) is 36.8 Å². The highest BCUT2D eigenvalue weighted by Gasteiger charge is 2.10. The number of ether oxygens (including phenoxy) is 1. The Labute approximate surface area is 152 Å². The summed E-state index contributed by atoms with van der Waals surface area (Å²) in [5.41, 5.74) is 3.55. The summed E-state index contributed by atoms with van der Waals surface area (Å²) >= 11 is 0. The molecule has 26 heavy (non-hydrogen) atoms. The molecule has 5 nitrogen and oxygen atoms in total. The van der Waals surface area contributed by atoms with Crippen LogP contribution in [0.2, 0.25) is 0 Å². The summed E-state index contributed by atoms with van der Waals surface area (Å²) in [5, 5.41) is 12.3. The molecule has 0 aliphatic heterocycles. The van der Waals surface area contributed by atoms with Crippen molar-refractivity contribution in [3.8, 4) is 16.9 Å². The molecule has 0 radical (unpaired) electrons. The van der Waals surface area contributed by atoms with E-state index in [0.717, 1.165) is 11.1 Å². The van der Waals surface area contributed by atoms with E-state index in [1.807, 2.05) is 37.3 Å². The molecule has 3 rings (SSSR count). The summed E-state index contributed by atoms with van der Waals surface area (Å²) in [6.45, 7) is 2.23. The Balaban J connectivity index is 1.80. The number of rotatable bonds is 6. The lowest BCUT2D eigenvalue weighted by molar-refractivity contribution is 0.102. The van der Waals surface area contributed by atoms with E-state index in [1.165, 1.54) is 6.20 Å². The van der Waals surface area contributed by atoms with Crippen molar-refractivity contribution in [3.05, 3.63) is 78.1 Å². The smallest absolute Gasteiger partial charge is 0.257 e. The van der Waals surface area contributed by atoms with Crippen molar-refractivity contribution in [1.82, 2.24) is 4.98 Å². The van der Waals surface area contributed by atoms with E-state index < -0.39 is 0 Å². The maximum atomic E-state index is 12.6. The molecule has 132 valence electrons. The second kappa shape index (κ2) is 8.27. The van der Waals surface area contributed by atoms with Gasteiger partial charge in [-0.25, -0.2) is 0 Å². The Morgan fingerprint density at radius 2 is 1.88 bits per heavy atom. The molecule has 0 atom stereocenters. The van der Waals surface area contributed by atoms with Crippen LogP contribution in [-0.2, 0) is 6.61 Å². The van der Waals surface area contributed by atoms with Crippen LogP contribution in [-0.4, -0.2) is 22.6 Å². The highest BCUT2D eigenvalue weighted by Crippen LogP contribution is 2.24. The molecule has 5 heteroatoms. The van der Waals surface area contributed by atoms with Crippen LogP contribution in [0.3, 0.4) is 0 Å². The largest absolute Gasteiger partial charge is 0.494 e. The lowest BCUT2D eigenvalue weighted by Crippen LogP contribution is -2.12. The first-order valence-electron chi connectivity index (χ1n) is 8.39. The van der Waals surface area contributed by atoms with E-state index in [2.05, 4.69) is 10.3 Å². The standard InChI is InChI=1S/C21H20N2O3/c1-2-26-20-9-8-19(11-18(20)14-24)23-21(25)17-10-16(12-22-13-17)15-6-4-3-5-7-15/h3-13,24H,2,14H2,1H3,(H,23,25). The molecule has 0 aliphatic rings. The van der Waals surface area contributed by atoms with Crippen LogP contribution >= 0.6 is 0 Å². The van der Waals surface area contributed by atoms with Gasteiger partial charge in [0.1, 0.15) is 5.75 Å². The lowest BCUT2D eigenvalue weighted by atomic mass is 10.1. The Hall–Kier alpha value is -3.18. The number of pyridine rings is 1. The zero-order valence-electron chi connectivity index (χ0n) is 14.5. The molecule has 0 unspecified atom stereocenters. The molecule has 3 aromatic rings. The lowest BCUT2D eigenvalue weighted by Gasteiger charge is -2.11. The maximum Gasteiger partial charge on any atom is 0.257 e. The van der Waals surface area contributed by atoms with Gasteiger partial charge in [-0.3, -0.25) is 9.78 Å². The fourth-order valence-corrected chi connectivity index (χ4v) is 2.63. The Kier molecular flexibility index (Phi) is 5.61. The number of benzene rings is 2. The molecule has 1 amide bonds. The molecule has 0 spiro atoms. The summed E-state index contributed by atoms with van der Waals surface area (Å²) < 4.78 is 5.45. The number of hydrogen-bond acceptors (Lipinski definition) is 4. The Morgan fingerprint density at radius 3 is 2.62 bits per heavy atom. The molecule has 0 saturated heterocycles. The van der Waals surface area contributed by atoms with Gasteiger partial charge in [0, 0.05) is 29.2 Å². The van der Waals surface area contributed by atoms with Crippen LogP contribution in [0.15, 0.2) is 67.0 Å². The van der Waals surface area contributed by atoms with Gasteiger partial charge in [0.2, 0.25) is 0 Å². The minimum Gasteiger partial charge on any atom is -0.494 e. The molecule has 0 aliphatic carbocycles. The molecule has 0 saturated carbocycles. The van der Waals surface area contributed by atoms with Crippen molar-refractivity contribution in [1.29, 1.82) is 0 Å². The molecule has 0 fully saturated rings. The zero-order chi connectivity index (χ0) is 18.4. The average Bonchev–Trinajstić information content (AvgIpc) is 2.70. The predicted molar refractivity (Wildman–Crippen MR) is 101 cm³/mol. The van der Waals surface area contributed by atoms with E-state index in [0.29, 0.717) is 29.2 Å². The third kappa shape index (κ3) is 4.07. The van der Waals surface area contributed by atoms with Crippen molar-refractivity contribution >= 4 is 11.6 Å². The summed E-state index contributed by atoms with van der Waals surface area (Å²) in [7, 11) is 0. The summed E-state index contributed by atoms with van der Waals surface area (Å²) in [6, 6.07) is 16.8. The highest BCUT2D eigenvalue weighted by molar-refractivity contribution is 6.04. The van der Waals surface area contributed by atoms with Crippen molar-refractivity contribution < 1.29 is 14.6 Å². The number of aliphatic hydroxyl groups excluding tert-OH is 1. The SMILES string of the molecule is CCOc1ccc(NC(=O)c2cncc(-c3ccccc3)c2)cc1CO. The van der Waals surface area contributed by atoms with Gasteiger partial charge in [-0.1, -0.05) is 30.3 Å². The van der Waals surface area contributed by atoms with Crippen LogP contribution in [0, 0.1) is 0 Å². The quantitative estimate of drug-likeness (QED) is 0.709. The van der Waals surface area contributed by atoms with E-state index >= 15 is 0 Å². The van der Waals surface area contributed by atoms with Gasteiger partial charge in [-0.2, -0.15) is 0 Å². The molecule has 0 bridgehead atoms. The van der Waals surface area contributed by atoms with Gasteiger partial charge in [0.25, 0.3) is 5.91 Å². The molecule has 1 heterocycles. The number of carbonyl (C=O) groups is 1. The molecular formula is C21H20N2O3. The number of aromatic nitrogens is 1. The van der Waals surface area contributed by atoms with Gasteiger partial charge in [-0.15, -0.1) is 0 Å². The minimum atomic E-state index is -0.261. The van der Waals surface area contributed by atoms with Crippen molar-refractivity contribution in [2.75, 3.05) is 11.9 Å². The van der Waals surface area contributed by atoms with Gasteiger partial charge in [0.05, 0.1) is 18.8 Å². The van der Waals surface area contributed by atoms with Gasteiger partial charge in [0.15, 0.2) is 0 Å². The topological polar surface area (TPSA) is 71.5 Å². The number of anilines is 1. The third-order valence-corrected chi connectivity index (χ3v) is 3.90. The van der Waals surface area contributed by atoms with Crippen LogP contribution in [0.1, 0.15) is 22.8 Å². The number of carbonyl (C=O) groups excluding carboxylic acids is 1. The summed E-state index contributed by atoms with van der Waals surface area (Å²) in [4.78, 5) is 16.7. The fourth-order valence-electron chi connectivity index (χ4n) is 2.63. The number of nitrogens with zero attached hydrogens (tertiary/aromatic N) is 1. The monoisotopic (exact) mass is 348 g/mol. The first-order chi connectivity index (χ1) is 12.7. The summed E-state index contributed by atoms with van der Waals surface area (Å²) in [6.07, 6.45) is 3.26. The van der Waals surface area contributed by atoms with E-state index in [1.54, 1.807) is 30.5 Å². The van der Waals surface area contributed by atoms with Gasteiger partial charge >= 0.3 is 0 Å². The Bertz CT molecular complexity index is 895. The van der Waals surface area contributed by atoms with Crippen molar-refractivity contribution in [2.45, 2.75) is 13.5 Å². The Morgan fingerprint density at radius 1 is 1.08 bits per heavy atom. The van der Waals surface area contributed by atoms with Crippen LogP contribution in [0.25, 0.3) is 11.1 Å². The molecule has 2 N–H and O–H groups in total. The second-order valence-electron chi connectivity index (χ2n) is 5.70. The first-order valence-corrected chi connectivity index (χ1v) is 8.39. The van der Waals surface area contributed by atoms with Gasteiger partial charge < -0.3 is 15.2 Å². The second-order valence-corrected chi connectivity index (χ2v) is 5.70. The van der Waals surface area contributed by atoms with Crippen molar-refractivity contribution in [2.24, 2.45) is 0 Å². The number of amides is 1. The number of aliphatic hydroxyl groups is 1. The average molecular weight is 348 g/mol. The molecule has 1 aromatic heterocycles. The molecule has 2 aromatic carbocycles. The van der Waals surface area contributed by atoms with E-state index in [-0.39, 0.29) is 12.5 Å². The fraction of sp³-hybridized carbons (Fsp3) is 0.143. The van der Waals surface area contributed by atoms with Crippen LogP contribution in [0.4, 0.5) is 5.69 Å². The first kappa shape index (κ1) is 17.6. The van der Waals surface area contributed by atoms with Crippen LogP contribution < -0.4 is 10.1 Å². The van der Waals surface area contributed by atoms with E-state index in [4.69, 9.17) is 4.74 Å². The highest BCUT2D eigenvalue weighted by atomic mass is 16.5. The predicted octanol–water partition coefficient (Wildman–Crippen LogP) is 3.89. The number of nitrogens with one attached hydrogen (secondary N) is 1. The minimum absolute atomic E-state index is 0.163. The number of hydrogen-bond donors (Lipinski definition) is 2. The van der Waals surface area contributed by atoms with E-state index in [9.17, 15) is 9.90 Å².